The van der Waals surface area contributed by atoms with Gasteiger partial charge < -0.3 is 14.6 Å². The first-order valence-corrected chi connectivity index (χ1v) is 12.5. The number of rotatable bonds is 5. The number of carbonyl (C=O) groups excluding carboxylic acids is 1. The van der Waals surface area contributed by atoms with E-state index in [1.165, 1.54) is 0 Å². The molecule has 192 valence electrons. The van der Waals surface area contributed by atoms with Crippen LogP contribution in [0.5, 0.6) is 0 Å². The van der Waals surface area contributed by atoms with Crippen LogP contribution >= 0.6 is 0 Å². The molecule has 0 aromatic carbocycles. The normalized spacial score (nSPS) is 21.6. The van der Waals surface area contributed by atoms with Crippen LogP contribution in [-0.2, 0) is 22.9 Å². The lowest BCUT2D eigenvalue weighted by Gasteiger charge is -2.28. The maximum absolute atomic E-state index is 13.8. The number of hydrogen-bond acceptors (Lipinski definition) is 3. The van der Waals surface area contributed by atoms with E-state index in [1.807, 2.05) is 27.7 Å². The molecule has 8 heteroatoms. The second kappa shape index (κ2) is 9.60. The number of nitrogens with one attached hydrogen (secondary N) is 1. The molecule has 1 amide bonds. The Morgan fingerprint density at radius 1 is 1.09 bits per heavy atom. The lowest BCUT2D eigenvalue weighted by atomic mass is 9.83. The van der Waals surface area contributed by atoms with Gasteiger partial charge in [0.1, 0.15) is 5.69 Å². The smallest absolute Gasteiger partial charge is 0.377 e. The van der Waals surface area contributed by atoms with Crippen molar-refractivity contribution in [2.75, 3.05) is 13.2 Å². The molecule has 1 N–H and O–H groups in total. The van der Waals surface area contributed by atoms with Gasteiger partial charge in [0.25, 0.3) is 5.91 Å². The second-order valence-electron chi connectivity index (χ2n) is 11.3. The molecule has 0 unspecified atom stereocenters. The van der Waals surface area contributed by atoms with E-state index in [2.05, 4.69) is 21.8 Å². The third-order valence-electron chi connectivity index (χ3n) is 7.34. The highest BCUT2D eigenvalue weighted by molar-refractivity contribution is 5.97. The van der Waals surface area contributed by atoms with Gasteiger partial charge in [-0.2, -0.15) is 13.2 Å². The fourth-order valence-corrected chi connectivity index (χ4v) is 4.91. The van der Waals surface area contributed by atoms with E-state index >= 15 is 0 Å². The number of pyridine rings is 1. The summed E-state index contributed by atoms with van der Waals surface area (Å²) in [5.74, 6) is 0.915. The molecule has 2 fully saturated rings. The predicted molar refractivity (Wildman–Crippen MR) is 129 cm³/mol. The summed E-state index contributed by atoms with van der Waals surface area (Å²) in [5, 5.41) is 2.98. The Kier molecular flexibility index (Phi) is 7.06. The summed E-state index contributed by atoms with van der Waals surface area (Å²) < 4.78 is 48.7. The van der Waals surface area contributed by atoms with Gasteiger partial charge >= 0.3 is 6.18 Å². The molecule has 5 nitrogen and oxygen atoms in total. The molecule has 0 spiro atoms. The van der Waals surface area contributed by atoms with E-state index in [9.17, 15) is 18.0 Å². The molecule has 2 aliphatic rings. The molecular formula is C27H36F3N3O2. The number of alkyl halides is 3. The van der Waals surface area contributed by atoms with Crippen molar-refractivity contribution >= 4 is 5.91 Å². The molecule has 3 heterocycles. The summed E-state index contributed by atoms with van der Waals surface area (Å²) in [5.41, 5.74) is 1.25. The van der Waals surface area contributed by atoms with Gasteiger partial charge in [-0.1, -0.05) is 40.5 Å². The number of nitrogens with zero attached hydrogens (tertiary/aromatic N) is 2. The molecule has 1 saturated carbocycles. The third-order valence-corrected chi connectivity index (χ3v) is 7.34. The Morgan fingerprint density at radius 2 is 1.71 bits per heavy atom. The summed E-state index contributed by atoms with van der Waals surface area (Å²) in [7, 11) is 0. The van der Waals surface area contributed by atoms with E-state index in [4.69, 9.17) is 4.74 Å². The minimum Gasteiger partial charge on any atom is -0.377 e. The van der Waals surface area contributed by atoms with Crippen molar-refractivity contribution in [2.45, 2.75) is 84.5 Å². The van der Waals surface area contributed by atoms with Crippen molar-refractivity contribution in [2.24, 2.45) is 11.8 Å². The van der Waals surface area contributed by atoms with Crippen LogP contribution in [0.2, 0.25) is 0 Å². The Labute approximate surface area is 205 Å². The van der Waals surface area contributed by atoms with Crippen LogP contribution in [0.4, 0.5) is 13.2 Å². The molecule has 1 aliphatic carbocycles. The highest BCUT2D eigenvalue weighted by Crippen LogP contribution is 2.37. The first-order valence-electron chi connectivity index (χ1n) is 12.5. The van der Waals surface area contributed by atoms with Gasteiger partial charge in [-0.05, 0) is 49.8 Å². The number of hydrogen-bond donors (Lipinski definition) is 1. The maximum Gasteiger partial charge on any atom is 0.433 e. The van der Waals surface area contributed by atoms with Crippen molar-refractivity contribution in [1.82, 2.24) is 14.9 Å². The Balaban J connectivity index is 1.80. The third kappa shape index (κ3) is 5.74. The monoisotopic (exact) mass is 491 g/mol. The fourth-order valence-electron chi connectivity index (χ4n) is 4.91. The lowest BCUT2D eigenvalue weighted by Crippen LogP contribution is -2.48. The van der Waals surface area contributed by atoms with Gasteiger partial charge in [-0.3, -0.25) is 4.79 Å². The Bertz CT molecular complexity index is 1040. The van der Waals surface area contributed by atoms with Crippen molar-refractivity contribution in [3.63, 3.8) is 0 Å². The molecule has 35 heavy (non-hydrogen) atoms. The number of aromatic nitrogens is 2. The van der Waals surface area contributed by atoms with Gasteiger partial charge in [0, 0.05) is 34.6 Å². The molecular weight excluding hydrogens is 455 g/mol. The van der Waals surface area contributed by atoms with Crippen molar-refractivity contribution < 1.29 is 22.7 Å². The molecule has 1 aliphatic heterocycles. The van der Waals surface area contributed by atoms with Gasteiger partial charge in [0.05, 0.1) is 24.8 Å². The standard InChI is InChI=1S/C27H36F3N3O2/c1-16-6-8-18(9-7-16)13-33-17(2)21(25(34)31-20-14-35-15-20)12-22(33)19-10-23(26(3,4)5)32-24(11-19)27(28,29)30/h10-12,16,18,20H,6-9,13-15H2,1-5H3,(H,31,34). The lowest BCUT2D eigenvalue weighted by molar-refractivity contribution is -0.141. The molecule has 4 rings (SSSR count). The zero-order valence-electron chi connectivity index (χ0n) is 21.3. The Morgan fingerprint density at radius 3 is 2.26 bits per heavy atom. The molecule has 0 radical (unpaired) electrons. The maximum atomic E-state index is 13.8. The first kappa shape index (κ1) is 25.7. The molecule has 2 aromatic rings. The minimum absolute atomic E-state index is 0.0289. The van der Waals surface area contributed by atoms with E-state index in [1.54, 1.807) is 12.1 Å². The highest BCUT2D eigenvalue weighted by atomic mass is 19.4. The zero-order chi connectivity index (χ0) is 25.5. The van der Waals surface area contributed by atoms with Gasteiger partial charge in [0.2, 0.25) is 0 Å². The second-order valence-corrected chi connectivity index (χ2v) is 11.3. The highest BCUT2D eigenvalue weighted by Gasteiger charge is 2.35. The number of amides is 1. The summed E-state index contributed by atoms with van der Waals surface area (Å²) in [6.07, 6.45) is -0.104. The zero-order valence-corrected chi connectivity index (χ0v) is 21.3. The van der Waals surface area contributed by atoms with E-state index < -0.39 is 17.3 Å². The van der Waals surface area contributed by atoms with Crippen LogP contribution in [-0.4, -0.2) is 34.7 Å². The first-order chi connectivity index (χ1) is 16.3. The number of halogens is 3. The molecule has 1 saturated heterocycles. The largest absolute Gasteiger partial charge is 0.433 e. The van der Waals surface area contributed by atoms with Crippen LogP contribution in [0.25, 0.3) is 11.3 Å². The van der Waals surface area contributed by atoms with E-state index in [-0.39, 0.29) is 11.9 Å². The topological polar surface area (TPSA) is 56.1 Å². The van der Waals surface area contributed by atoms with Crippen LogP contribution in [0, 0.1) is 18.8 Å². The number of ether oxygens (including phenoxy) is 1. The molecule has 0 atom stereocenters. The fraction of sp³-hybridized carbons (Fsp3) is 0.630. The average molecular weight is 492 g/mol. The minimum atomic E-state index is -4.56. The van der Waals surface area contributed by atoms with Crippen molar-refractivity contribution in [1.29, 1.82) is 0 Å². The van der Waals surface area contributed by atoms with E-state index in [0.717, 1.165) is 37.4 Å². The average Bonchev–Trinajstić information content (AvgIpc) is 3.07. The van der Waals surface area contributed by atoms with E-state index in [0.29, 0.717) is 54.1 Å². The van der Waals surface area contributed by atoms with Gasteiger partial charge in [-0.25, -0.2) is 4.98 Å². The van der Waals surface area contributed by atoms with Crippen molar-refractivity contribution in [3.8, 4) is 11.3 Å². The summed E-state index contributed by atoms with van der Waals surface area (Å²) >= 11 is 0. The Hall–Kier alpha value is -2.35. The quantitative estimate of drug-likeness (QED) is 0.547. The SMILES string of the molecule is Cc1c(C(=O)NC2COC2)cc(-c2cc(C(C)(C)C)nc(C(F)(F)F)c2)n1CC1CCC(C)CC1. The van der Waals surface area contributed by atoms with Crippen LogP contribution < -0.4 is 5.32 Å². The van der Waals surface area contributed by atoms with Gasteiger partial charge in [0.15, 0.2) is 0 Å². The summed E-state index contributed by atoms with van der Waals surface area (Å²) in [4.78, 5) is 17.0. The predicted octanol–water partition coefficient (Wildman–Crippen LogP) is 6.13. The molecule has 0 bridgehead atoms. The summed E-state index contributed by atoms with van der Waals surface area (Å²) in [6.45, 7) is 11.4. The number of carbonyl (C=O) groups is 1. The van der Waals surface area contributed by atoms with Gasteiger partial charge in [-0.15, -0.1) is 0 Å². The van der Waals surface area contributed by atoms with Crippen LogP contribution in [0.3, 0.4) is 0 Å². The van der Waals surface area contributed by atoms with Crippen LogP contribution in [0.1, 0.15) is 80.8 Å². The van der Waals surface area contributed by atoms with Crippen LogP contribution in [0.15, 0.2) is 18.2 Å². The van der Waals surface area contributed by atoms with Crippen molar-refractivity contribution in [3.05, 3.63) is 40.8 Å². The summed E-state index contributed by atoms with van der Waals surface area (Å²) in [6, 6.07) is 4.58. The molecule has 2 aromatic heterocycles.